The lowest BCUT2D eigenvalue weighted by atomic mass is 9.80. The Labute approximate surface area is 302 Å². The molecule has 8 rings (SSSR count). The highest BCUT2D eigenvalue weighted by Crippen LogP contribution is 2.61. The SMILES string of the molecule is Oc1ccc(C=Cc2cc(O)cc3c2[C@H](c2cc(O)cc(O)c2)[C@@H](c2ccc(O)c4c2O[C@H](c2ccc(O)cc2O)[C@H]4c2cc(O)cc(O)c2)O3)cc1. The van der Waals surface area contributed by atoms with Gasteiger partial charge >= 0.3 is 0 Å². The van der Waals surface area contributed by atoms with Crippen molar-refractivity contribution in [3.63, 3.8) is 0 Å². The molecule has 53 heavy (non-hydrogen) atoms. The summed E-state index contributed by atoms with van der Waals surface area (Å²) < 4.78 is 13.3. The van der Waals surface area contributed by atoms with E-state index in [0.29, 0.717) is 33.6 Å². The van der Waals surface area contributed by atoms with Gasteiger partial charge in [0.1, 0.15) is 75.5 Å². The van der Waals surface area contributed by atoms with Crippen LogP contribution in [0.25, 0.3) is 12.2 Å². The second-order valence-corrected chi connectivity index (χ2v) is 13.1. The number of hydrogen-bond donors (Lipinski definition) is 9. The van der Waals surface area contributed by atoms with Crippen LogP contribution >= 0.6 is 0 Å². The molecule has 0 spiro atoms. The number of benzene rings is 6. The predicted molar refractivity (Wildman–Crippen MR) is 193 cm³/mol. The topological polar surface area (TPSA) is 201 Å². The summed E-state index contributed by atoms with van der Waals surface area (Å²) in [5.74, 6) is -2.73. The maximum atomic E-state index is 11.5. The smallest absolute Gasteiger partial charge is 0.138 e. The van der Waals surface area contributed by atoms with Crippen LogP contribution in [-0.4, -0.2) is 46.0 Å². The molecule has 0 fully saturated rings. The van der Waals surface area contributed by atoms with Gasteiger partial charge < -0.3 is 55.4 Å². The Bertz CT molecular complexity index is 2400. The van der Waals surface area contributed by atoms with E-state index in [-0.39, 0.29) is 68.6 Å². The molecular formula is C42H32O11. The first-order valence-corrected chi connectivity index (χ1v) is 16.5. The highest BCUT2D eigenvalue weighted by molar-refractivity contribution is 5.76. The molecular weight excluding hydrogens is 680 g/mol. The maximum absolute atomic E-state index is 11.5. The standard InChI is InChI=1S/C42H32O11/c43-24-5-2-20(3-6-24)1-4-21-11-30(49)19-35-36(21)37(22-12-26(45)16-27(46)13-22)41(52-35)32-9-10-33(50)39-38(23-14-28(47)17-29(48)15-23)40(53-42(32)39)31-8-7-25(44)18-34(31)51/h1-19,37-38,40-41,43-51H/t37-,38-,40+,41+/m0/s1. The van der Waals surface area contributed by atoms with Gasteiger partial charge in [-0.25, -0.2) is 0 Å². The number of aromatic hydroxyl groups is 9. The molecule has 6 aromatic carbocycles. The molecule has 0 aromatic heterocycles. The molecule has 2 aliphatic heterocycles. The number of ether oxygens (including phenoxy) is 2. The monoisotopic (exact) mass is 712 g/mol. The summed E-state index contributed by atoms with van der Waals surface area (Å²) in [6.45, 7) is 0. The quantitative estimate of drug-likeness (QED) is 0.0765. The summed E-state index contributed by atoms with van der Waals surface area (Å²) in [6, 6.07) is 24.8. The van der Waals surface area contributed by atoms with Crippen molar-refractivity contribution < 1.29 is 55.4 Å². The molecule has 6 aromatic rings. The average molecular weight is 713 g/mol. The third kappa shape index (κ3) is 5.93. The molecule has 0 radical (unpaired) electrons. The fraction of sp³-hybridized carbons (Fsp3) is 0.0952. The fourth-order valence-electron chi connectivity index (χ4n) is 7.47. The van der Waals surface area contributed by atoms with E-state index in [9.17, 15) is 46.0 Å². The van der Waals surface area contributed by atoms with Gasteiger partial charge in [-0.05, 0) is 89.0 Å². The summed E-state index contributed by atoms with van der Waals surface area (Å²) in [6.07, 6.45) is 1.58. The molecule has 9 N–H and O–H groups in total. The molecule has 2 heterocycles. The molecule has 11 nitrogen and oxygen atoms in total. The maximum Gasteiger partial charge on any atom is 0.138 e. The van der Waals surface area contributed by atoms with E-state index in [2.05, 4.69) is 0 Å². The van der Waals surface area contributed by atoms with E-state index in [1.807, 2.05) is 0 Å². The normalized spacial score (nSPS) is 18.7. The first-order chi connectivity index (χ1) is 25.4. The minimum Gasteiger partial charge on any atom is -0.508 e. The largest absolute Gasteiger partial charge is 0.508 e. The van der Waals surface area contributed by atoms with Crippen molar-refractivity contribution in [1.29, 1.82) is 0 Å². The molecule has 4 atom stereocenters. The molecule has 0 amide bonds. The molecule has 2 aliphatic rings. The Hall–Kier alpha value is -7.14. The zero-order chi connectivity index (χ0) is 37.1. The number of fused-ring (bicyclic) bond motifs is 2. The van der Waals surface area contributed by atoms with Gasteiger partial charge in [-0.3, -0.25) is 0 Å². The van der Waals surface area contributed by atoms with Gasteiger partial charge in [-0.15, -0.1) is 0 Å². The number of hydrogen-bond acceptors (Lipinski definition) is 11. The van der Waals surface area contributed by atoms with Crippen LogP contribution in [0.15, 0.2) is 103 Å². The van der Waals surface area contributed by atoms with Crippen LogP contribution in [0.3, 0.4) is 0 Å². The van der Waals surface area contributed by atoms with Crippen LogP contribution in [0.2, 0.25) is 0 Å². The molecule has 0 saturated heterocycles. The summed E-state index contributed by atoms with van der Waals surface area (Å²) in [5.41, 5.74) is 3.66. The van der Waals surface area contributed by atoms with E-state index in [1.54, 1.807) is 48.6 Å². The highest BCUT2D eigenvalue weighted by Gasteiger charge is 2.46. The van der Waals surface area contributed by atoms with E-state index >= 15 is 0 Å². The zero-order valence-corrected chi connectivity index (χ0v) is 27.6. The molecule has 0 saturated carbocycles. The van der Waals surface area contributed by atoms with Gasteiger partial charge in [0, 0.05) is 46.5 Å². The number of phenols is 9. The number of phenolic OH excluding ortho intramolecular Hbond substituents is 9. The lowest BCUT2D eigenvalue weighted by Crippen LogP contribution is -2.13. The predicted octanol–water partition coefficient (Wildman–Crippen LogP) is 7.74. The molecule has 0 unspecified atom stereocenters. The van der Waals surface area contributed by atoms with Gasteiger partial charge in [0.15, 0.2) is 0 Å². The second kappa shape index (κ2) is 12.6. The summed E-state index contributed by atoms with van der Waals surface area (Å²) in [5, 5.41) is 95.4. The zero-order valence-electron chi connectivity index (χ0n) is 27.6. The van der Waals surface area contributed by atoms with Crippen molar-refractivity contribution in [2.75, 3.05) is 0 Å². The molecule has 266 valence electrons. The van der Waals surface area contributed by atoms with Crippen LogP contribution in [0.4, 0.5) is 0 Å². The summed E-state index contributed by atoms with van der Waals surface area (Å²) in [4.78, 5) is 0. The van der Waals surface area contributed by atoms with Crippen LogP contribution in [-0.2, 0) is 0 Å². The first-order valence-electron chi connectivity index (χ1n) is 16.5. The van der Waals surface area contributed by atoms with Gasteiger partial charge in [0.25, 0.3) is 0 Å². The van der Waals surface area contributed by atoms with Crippen LogP contribution in [0, 0.1) is 0 Å². The molecule has 0 aliphatic carbocycles. The van der Waals surface area contributed by atoms with E-state index in [4.69, 9.17) is 9.47 Å². The number of rotatable bonds is 6. The molecule has 0 bridgehead atoms. The van der Waals surface area contributed by atoms with E-state index in [1.165, 1.54) is 54.6 Å². The average Bonchev–Trinajstić information content (AvgIpc) is 3.67. The van der Waals surface area contributed by atoms with Crippen LogP contribution < -0.4 is 9.47 Å². The van der Waals surface area contributed by atoms with Gasteiger partial charge in [0.05, 0.1) is 11.8 Å². The summed E-state index contributed by atoms with van der Waals surface area (Å²) in [7, 11) is 0. The molecule has 11 heteroatoms. The first kappa shape index (κ1) is 33.0. The van der Waals surface area contributed by atoms with Crippen molar-refractivity contribution >= 4 is 12.2 Å². The van der Waals surface area contributed by atoms with Crippen LogP contribution in [0.5, 0.6) is 63.2 Å². The Morgan fingerprint density at radius 2 is 0.962 bits per heavy atom. The third-order valence-corrected chi connectivity index (χ3v) is 9.63. The van der Waals surface area contributed by atoms with E-state index < -0.39 is 24.0 Å². The minimum absolute atomic E-state index is 0.0916. The van der Waals surface area contributed by atoms with Gasteiger partial charge in [-0.1, -0.05) is 24.3 Å². The van der Waals surface area contributed by atoms with Gasteiger partial charge in [0.2, 0.25) is 0 Å². The third-order valence-electron chi connectivity index (χ3n) is 9.63. The minimum atomic E-state index is -1.04. The fourth-order valence-corrected chi connectivity index (χ4v) is 7.47. The Balaban J connectivity index is 1.33. The lowest BCUT2D eigenvalue weighted by molar-refractivity contribution is 0.191. The Morgan fingerprint density at radius 1 is 0.415 bits per heavy atom. The van der Waals surface area contributed by atoms with Crippen molar-refractivity contribution in [3.05, 3.63) is 148 Å². The lowest BCUT2D eigenvalue weighted by Gasteiger charge is -2.23. The van der Waals surface area contributed by atoms with E-state index in [0.717, 1.165) is 17.7 Å². The van der Waals surface area contributed by atoms with Crippen LogP contribution in [0.1, 0.15) is 68.6 Å². The van der Waals surface area contributed by atoms with Crippen molar-refractivity contribution in [1.82, 2.24) is 0 Å². The van der Waals surface area contributed by atoms with Crippen molar-refractivity contribution in [2.45, 2.75) is 24.0 Å². The second-order valence-electron chi connectivity index (χ2n) is 13.1. The van der Waals surface area contributed by atoms with Gasteiger partial charge in [-0.2, -0.15) is 0 Å². The Kier molecular flexibility index (Phi) is 7.83. The van der Waals surface area contributed by atoms with Crippen molar-refractivity contribution in [3.8, 4) is 63.2 Å². The Morgan fingerprint density at radius 3 is 1.58 bits per heavy atom. The highest BCUT2D eigenvalue weighted by atomic mass is 16.5. The van der Waals surface area contributed by atoms with Crippen molar-refractivity contribution in [2.24, 2.45) is 0 Å². The summed E-state index contributed by atoms with van der Waals surface area (Å²) >= 11 is 0.